The quantitative estimate of drug-likeness (QED) is 0.789. The Balaban J connectivity index is 2.91. The van der Waals surface area contributed by atoms with Crippen molar-refractivity contribution in [3.8, 4) is 0 Å². The van der Waals surface area contributed by atoms with Gasteiger partial charge in [0.1, 0.15) is 11.7 Å². The van der Waals surface area contributed by atoms with E-state index in [0.29, 0.717) is 10.8 Å². The van der Waals surface area contributed by atoms with Gasteiger partial charge < -0.3 is 10.4 Å². The number of thiazole rings is 1. The van der Waals surface area contributed by atoms with E-state index in [1.807, 2.05) is 13.8 Å². The van der Waals surface area contributed by atoms with Crippen LogP contribution in [0.5, 0.6) is 0 Å². The molecule has 0 spiro atoms. The monoisotopic (exact) mass is 256 g/mol. The van der Waals surface area contributed by atoms with Crippen molar-refractivity contribution in [1.29, 1.82) is 0 Å². The van der Waals surface area contributed by atoms with Crippen LogP contribution in [0.4, 0.5) is 5.13 Å². The summed E-state index contributed by atoms with van der Waals surface area (Å²) < 4.78 is 0. The fourth-order valence-electron chi connectivity index (χ4n) is 1.43. The third-order valence-corrected chi connectivity index (χ3v) is 3.24. The number of aryl methyl sites for hydroxylation is 1. The lowest BCUT2D eigenvalue weighted by molar-refractivity contribution is -0.138. The summed E-state index contributed by atoms with van der Waals surface area (Å²) in [7, 11) is 0. The van der Waals surface area contributed by atoms with Crippen molar-refractivity contribution in [3.05, 3.63) is 10.6 Å². The number of ketones is 1. The highest BCUT2D eigenvalue weighted by molar-refractivity contribution is 7.15. The molecule has 0 unspecified atom stereocenters. The molecule has 1 rings (SSSR count). The second-order valence-electron chi connectivity index (χ2n) is 4.18. The number of aliphatic carboxylic acids is 1. The molecule has 0 bridgehead atoms. The van der Waals surface area contributed by atoms with Crippen LogP contribution in [0.15, 0.2) is 0 Å². The first-order chi connectivity index (χ1) is 7.82. The normalized spacial score (nSPS) is 12.5. The molecule has 1 heterocycles. The molecule has 94 valence electrons. The summed E-state index contributed by atoms with van der Waals surface area (Å²) in [5, 5.41) is 12.4. The van der Waals surface area contributed by atoms with Gasteiger partial charge in [-0.15, -0.1) is 11.3 Å². The second kappa shape index (κ2) is 5.27. The SMILES string of the molecule is CC(=O)c1nc(N[C@H](C(=O)O)C(C)C)sc1C. The first-order valence-corrected chi connectivity index (χ1v) is 6.12. The summed E-state index contributed by atoms with van der Waals surface area (Å²) in [6.45, 7) is 6.88. The van der Waals surface area contributed by atoms with E-state index in [4.69, 9.17) is 5.11 Å². The van der Waals surface area contributed by atoms with Crippen molar-refractivity contribution < 1.29 is 14.7 Å². The molecule has 0 radical (unpaired) electrons. The molecule has 17 heavy (non-hydrogen) atoms. The lowest BCUT2D eigenvalue weighted by atomic mass is 10.1. The summed E-state index contributed by atoms with van der Waals surface area (Å²) in [5.41, 5.74) is 0.408. The maximum atomic E-state index is 11.2. The average molecular weight is 256 g/mol. The zero-order valence-electron chi connectivity index (χ0n) is 10.3. The highest BCUT2D eigenvalue weighted by Crippen LogP contribution is 2.24. The standard InChI is InChI=1S/C11H16N2O3S/c1-5(2)8(10(15)16)12-11-13-9(6(3)14)7(4)17-11/h5,8H,1-4H3,(H,12,13)(H,15,16)/t8-/m0/s1. The molecule has 0 fully saturated rings. The second-order valence-corrected chi connectivity index (χ2v) is 5.39. The predicted octanol–water partition coefficient (Wildman–Crippen LogP) is 2.18. The highest BCUT2D eigenvalue weighted by atomic mass is 32.1. The van der Waals surface area contributed by atoms with Crippen LogP contribution in [0.2, 0.25) is 0 Å². The Morgan fingerprint density at radius 1 is 1.41 bits per heavy atom. The van der Waals surface area contributed by atoms with Gasteiger partial charge in [-0.1, -0.05) is 13.8 Å². The van der Waals surface area contributed by atoms with E-state index in [0.717, 1.165) is 4.88 Å². The van der Waals surface area contributed by atoms with Crippen molar-refractivity contribution in [2.45, 2.75) is 33.7 Å². The number of carboxylic acids is 1. The van der Waals surface area contributed by atoms with Crippen LogP contribution in [0, 0.1) is 12.8 Å². The van der Waals surface area contributed by atoms with Gasteiger partial charge in [0, 0.05) is 11.8 Å². The number of nitrogens with one attached hydrogen (secondary N) is 1. The van der Waals surface area contributed by atoms with E-state index < -0.39 is 12.0 Å². The lowest BCUT2D eigenvalue weighted by Gasteiger charge is -2.16. The van der Waals surface area contributed by atoms with Gasteiger partial charge in [0.15, 0.2) is 10.9 Å². The number of Topliss-reactive ketones (excluding diaryl/α,β-unsaturated/α-hetero) is 1. The molecule has 5 nitrogen and oxygen atoms in total. The smallest absolute Gasteiger partial charge is 0.326 e. The minimum atomic E-state index is -0.919. The van der Waals surface area contributed by atoms with Crippen molar-refractivity contribution in [2.75, 3.05) is 5.32 Å². The van der Waals surface area contributed by atoms with Crippen LogP contribution in [-0.4, -0.2) is 27.9 Å². The number of nitrogens with zero attached hydrogens (tertiary/aromatic N) is 1. The Labute approximate surface area is 104 Å². The van der Waals surface area contributed by atoms with E-state index >= 15 is 0 Å². The van der Waals surface area contributed by atoms with Crippen LogP contribution in [0.1, 0.15) is 36.1 Å². The molecule has 0 aliphatic rings. The molecule has 0 saturated heterocycles. The van der Waals surface area contributed by atoms with Crippen molar-refractivity contribution >= 4 is 28.2 Å². The molecule has 0 aromatic carbocycles. The van der Waals surface area contributed by atoms with Crippen LogP contribution < -0.4 is 5.32 Å². The van der Waals surface area contributed by atoms with E-state index in [1.54, 1.807) is 6.92 Å². The van der Waals surface area contributed by atoms with E-state index in [1.165, 1.54) is 18.3 Å². The number of carboxylic acid groups (broad SMARTS) is 1. The van der Waals surface area contributed by atoms with Gasteiger partial charge in [0.2, 0.25) is 0 Å². The number of anilines is 1. The minimum Gasteiger partial charge on any atom is -0.480 e. The zero-order valence-corrected chi connectivity index (χ0v) is 11.1. The summed E-state index contributed by atoms with van der Waals surface area (Å²) in [4.78, 5) is 27.2. The average Bonchev–Trinajstić information content (AvgIpc) is 2.55. The summed E-state index contributed by atoms with van der Waals surface area (Å²) in [6, 6.07) is -0.694. The predicted molar refractivity (Wildman–Crippen MR) is 66.7 cm³/mol. The summed E-state index contributed by atoms with van der Waals surface area (Å²) in [5.74, 6) is -1.09. The molecule has 1 aromatic rings. The first kappa shape index (κ1) is 13.6. The Morgan fingerprint density at radius 3 is 2.35 bits per heavy atom. The molecular weight excluding hydrogens is 240 g/mol. The fourth-order valence-corrected chi connectivity index (χ4v) is 2.33. The molecular formula is C11H16N2O3S. The van der Waals surface area contributed by atoms with Gasteiger partial charge in [-0.05, 0) is 12.8 Å². The van der Waals surface area contributed by atoms with Gasteiger partial charge >= 0.3 is 5.97 Å². The largest absolute Gasteiger partial charge is 0.480 e. The number of aromatic nitrogens is 1. The topological polar surface area (TPSA) is 79.3 Å². The number of rotatable bonds is 5. The Bertz CT molecular complexity index is 440. The number of carbonyl (C=O) groups is 2. The minimum absolute atomic E-state index is 0.0579. The molecule has 2 N–H and O–H groups in total. The zero-order chi connectivity index (χ0) is 13.2. The molecule has 1 atom stereocenters. The van der Waals surface area contributed by atoms with Gasteiger partial charge in [0.05, 0.1) is 0 Å². The molecule has 6 heteroatoms. The molecule has 0 amide bonds. The van der Waals surface area contributed by atoms with Crippen LogP contribution in [0.25, 0.3) is 0 Å². The van der Waals surface area contributed by atoms with E-state index in [9.17, 15) is 9.59 Å². The number of hydrogen-bond acceptors (Lipinski definition) is 5. The number of carbonyl (C=O) groups excluding carboxylic acids is 1. The summed E-state index contributed by atoms with van der Waals surface area (Å²) >= 11 is 1.30. The van der Waals surface area contributed by atoms with Gasteiger partial charge in [-0.2, -0.15) is 0 Å². The van der Waals surface area contributed by atoms with Crippen LogP contribution in [0.3, 0.4) is 0 Å². The molecule has 1 aromatic heterocycles. The maximum Gasteiger partial charge on any atom is 0.326 e. The first-order valence-electron chi connectivity index (χ1n) is 5.30. The number of hydrogen-bond donors (Lipinski definition) is 2. The van der Waals surface area contributed by atoms with Crippen molar-refractivity contribution in [2.24, 2.45) is 5.92 Å². The van der Waals surface area contributed by atoms with Gasteiger partial charge in [-0.3, -0.25) is 4.79 Å². The third kappa shape index (κ3) is 3.26. The van der Waals surface area contributed by atoms with E-state index in [2.05, 4.69) is 10.3 Å². The molecule has 0 aliphatic heterocycles. The maximum absolute atomic E-state index is 11.2. The lowest BCUT2D eigenvalue weighted by Crippen LogP contribution is -2.34. The fraction of sp³-hybridized carbons (Fsp3) is 0.545. The summed E-state index contributed by atoms with van der Waals surface area (Å²) in [6.07, 6.45) is 0. The Morgan fingerprint density at radius 2 is 2.00 bits per heavy atom. The Kier molecular flexibility index (Phi) is 4.22. The van der Waals surface area contributed by atoms with Gasteiger partial charge in [-0.25, -0.2) is 9.78 Å². The van der Waals surface area contributed by atoms with Crippen LogP contribution in [-0.2, 0) is 4.79 Å². The van der Waals surface area contributed by atoms with Crippen molar-refractivity contribution in [1.82, 2.24) is 4.98 Å². The molecule has 0 saturated carbocycles. The van der Waals surface area contributed by atoms with Gasteiger partial charge in [0.25, 0.3) is 0 Å². The highest BCUT2D eigenvalue weighted by Gasteiger charge is 2.23. The third-order valence-electron chi connectivity index (χ3n) is 2.34. The molecule has 0 aliphatic carbocycles. The Hall–Kier alpha value is -1.43. The van der Waals surface area contributed by atoms with Crippen LogP contribution >= 0.6 is 11.3 Å². The van der Waals surface area contributed by atoms with E-state index in [-0.39, 0.29) is 11.7 Å². The van der Waals surface area contributed by atoms with Crippen molar-refractivity contribution in [3.63, 3.8) is 0 Å².